The molecule has 1 atom stereocenters. The molecule has 2 fully saturated rings. The van der Waals surface area contributed by atoms with E-state index >= 15 is 0 Å². The average Bonchev–Trinajstić information content (AvgIpc) is 2.97. The molecule has 0 aromatic heterocycles. The molecule has 1 heterocycles. The van der Waals surface area contributed by atoms with Gasteiger partial charge in [0.25, 0.3) is 0 Å². The minimum atomic E-state index is 0.191. The molecule has 0 unspecified atom stereocenters. The zero-order valence-corrected chi connectivity index (χ0v) is 11.6. The van der Waals surface area contributed by atoms with Gasteiger partial charge in [0.05, 0.1) is 5.75 Å². The van der Waals surface area contributed by atoms with Crippen LogP contribution in [-0.4, -0.2) is 48.5 Å². The van der Waals surface area contributed by atoms with Gasteiger partial charge in [0, 0.05) is 19.1 Å². The van der Waals surface area contributed by atoms with Crippen LogP contribution in [0.1, 0.15) is 32.1 Å². The molecule has 4 heteroatoms. The maximum atomic E-state index is 11.4. The van der Waals surface area contributed by atoms with Gasteiger partial charge in [0.15, 0.2) is 0 Å². The maximum absolute atomic E-state index is 11.4. The second kappa shape index (κ2) is 6.64. The summed E-state index contributed by atoms with van der Waals surface area (Å²) >= 11 is 1.59. The molecule has 17 heavy (non-hydrogen) atoms. The van der Waals surface area contributed by atoms with Crippen LogP contribution < -0.4 is 5.32 Å². The highest BCUT2D eigenvalue weighted by Crippen LogP contribution is 2.28. The van der Waals surface area contributed by atoms with Crippen molar-refractivity contribution in [2.75, 3.05) is 31.6 Å². The normalized spacial score (nSPS) is 26.5. The molecule has 1 aliphatic carbocycles. The number of nitrogens with zero attached hydrogens (tertiary/aromatic N) is 1. The van der Waals surface area contributed by atoms with Crippen molar-refractivity contribution >= 4 is 17.7 Å². The fraction of sp³-hybridized carbons (Fsp3) is 0.923. The third-order valence-electron chi connectivity index (χ3n) is 4.02. The van der Waals surface area contributed by atoms with Crippen LogP contribution in [0.5, 0.6) is 0 Å². The smallest absolute Gasteiger partial charge is 0.229 e. The Kier molecular flexibility index (Phi) is 5.16. The Morgan fingerprint density at radius 1 is 1.35 bits per heavy atom. The molecule has 0 radical (unpaired) electrons. The summed E-state index contributed by atoms with van der Waals surface area (Å²) in [5, 5.41) is 3.05. The lowest BCUT2D eigenvalue weighted by Crippen LogP contribution is -2.34. The van der Waals surface area contributed by atoms with Gasteiger partial charge in [-0.15, -0.1) is 0 Å². The van der Waals surface area contributed by atoms with Crippen molar-refractivity contribution < 1.29 is 4.79 Å². The van der Waals surface area contributed by atoms with Gasteiger partial charge in [-0.3, -0.25) is 4.79 Å². The molecular formula is C13H24N2OS. The van der Waals surface area contributed by atoms with Crippen molar-refractivity contribution in [3.05, 3.63) is 0 Å². The van der Waals surface area contributed by atoms with Gasteiger partial charge in [-0.25, -0.2) is 0 Å². The summed E-state index contributed by atoms with van der Waals surface area (Å²) < 4.78 is 0. The quantitative estimate of drug-likeness (QED) is 0.813. The van der Waals surface area contributed by atoms with Gasteiger partial charge in [0.1, 0.15) is 0 Å². The number of rotatable bonds is 5. The van der Waals surface area contributed by atoms with E-state index in [1.807, 2.05) is 6.26 Å². The first kappa shape index (κ1) is 13.2. The molecule has 0 aromatic carbocycles. The van der Waals surface area contributed by atoms with Crippen LogP contribution in [0.25, 0.3) is 0 Å². The number of amides is 1. The zero-order valence-electron chi connectivity index (χ0n) is 10.8. The highest BCUT2D eigenvalue weighted by molar-refractivity contribution is 7.99. The summed E-state index contributed by atoms with van der Waals surface area (Å²) in [5.41, 5.74) is 0. The summed E-state index contributed by atoms with van der Waals surface area (Å²) in [6, 6.07) is 0.849. The van der Waals surface area contributed by atoms with Crippen LogP contribution in [0, 0.1) is 5.92 Å². The van der Waals surface area contributed by atoms with E-state index in [0.29, 0.717) is 11.7 Å². The summed E-state index contributed by atoms with van der Waals surface area (Å²) in [7, 11) is 0. The van der Waals surface area contributed by atoms with Gasteiger partial charge >= 0.3 is 0 Å². The van der Waals surface area contributed by atoms with E-state index in [1.54, 1.807) is 11.8 Å². The molecule has 0 aromatic rings. The Balaban J connectivity index is 1.65. The molecule has 1 N–H and O–H groups in total. The molecule has 2 aliphatic rings. The molecule has 0 spiro atoms. The molecule has 0 bridgehead atoms. The summed E-state index contributed by atoms with van der Waals surface area (Å²) in [5.74, 6) is 1.47. The average molecular weight is 256 g/mol. The first-order chi connectivity index (χ1) is 8.29. The summed E-state index contributed by atoms with van der Waals surface area (Å²) in [4.78, 5) is 14.0. The second-order valence-corrected chi connectivity index (χ2v) is 6.19. The van der Waals surface area contributed by atoms with Crippen LogP contribution >= 0.6 is 11.8 Å². The minimum absolute atomic E-state index is 0.191. The van der Waals surface area contributed by atoms with Gasteiger partial charge in [0.2, 0.25) is 5.91 Å². The van der Waals surface area contributed by atoms with Crippen molar-refractivity contribution in [3.8, 4) is 0 Å². The Hall–Kier alpha value is -0.220. The number of carbonyl (C=O) groups excluding carboxylic acids is 1. The zero-order chi connectivity index (χ0) is 12.1. The number of carbonyl (C=O) groups is 1. The van der Waals surface area contributed by atoms with E-state index in [-0.39, 0.29) is 5.91 Å². The van der Waals surface area contributed by atoms with Crippen LogP contribution in [0.4, 0.5) is 0 Å². The van der Waals surface area contributed by atoms with Gasteiger partial charge in [-0.2, -0.15) is 11.8 Å². The first-order valence-electron chi connectivity index (χ1n) is 6.79. The largest absolute Gasteiger partial charge is 0.355 e. The molecule has 1 amide bonds. The van der Waals surface area contributed by atoms with Gasteiger partial charge in [-0.1, -0.05) is 12.8 Å². The van der Waals surface area contributed by atoms with Crippen molar-refractivity contribution in [2.24, 2.45) is 5.92 Å². The lowest BCUT2D eigenvalue weighted by atomic mass is 10.1. The van der Waals surface area contributed by atoms with Gasteiger partial charge in [-0.05, 0) is 38.0 Å². The number of nitrogens with one attached hydrogen (secondary N) is 1. The third-order valence-corrected chi connectivity index (χ3v) is 4.57. The molecule has 2 rings (SSSR count). The summed E-state index contributed by atoms with van der Waals surface area (Å²) in [6.07, 6.45) is 8.84. The molecule has 3 nitrogen and oxygen atoms in total. The number of likely N-dealkylation sites (tertiary alicyclic amines) is 1. The number of thioether (sulfide) groups is 1. The van der Waals surface area contributed by atoms with Crippen molar-refractivity contribution in [2.45, 2.75) is 38.1 Å². The lowest BCUT2D eigenvalue weighted by molar-refractivity contribution is -0.118. The summed E-state index contributed by atoms with van der Waals surface area (Å²) in [6.45, 7) is 3.32. The Labute approximate surface area is 109 Å². The van der Waals surface area contributed by atoms with Crippen LogP contribution in [0.15, 0.2) is 0 Å². The van der Waals surface area contributed by atoms with E-state index in [9.17, 15) is 4.79 Å². The molecule has 1 saturated heterocycles. The lowest BCUT2D eigenvalue weighted by Gasteiger charge is -2.23. The standard InChI is InChI=1S/C13H24N2OS/c1-17-10-13(16)14-8-11-6-7-15(9-11)12-4-2-3-5-12/h11-12H,2-10H2,1H3,(H,14,16)/t11-/m0/s1. The number of hydrogen-bond acceptors (Lipinski definition) is 3. The Morgan fingerprint density at radius 2 is 2.12 bits per heavy atom. The number of hydrogen-bond donors (Lipinski definition) is 1. The van der Waals surface area contributed by atoms with E-state index in [0.717, 1.165) is 12.6 Å². The van der Waals surface area contributed by atoms with Crippen molar-refractivity contribution in [3.63, 3.8) is 0 Å². The molecule has 1 aliphatic heterocycles. The highest BCUT2D eigenvalue weighted by Gasteiger charge is 2.29. The van der Waals surface area contributed by atoms with Crippen molar-refractivity contribution in [1.82, 2.24) is 10.2 Å². The molecule has 1 saturated carbocycles. The fourth-order valence-electron chi connectivity index (χ4n) is 3.07. The van der Waals surface area contributed by atoms with Crippen LogP contribution in [0.2, 0.25) is 0 Å². The third kappa shape index (κ3) is 3.88. The first-order valence-corrected chi connectivity index (χ1v) is 8.18. The maximum Gasteiger partial charge on any atom is 0.229 e. The Morgan fingerprint density at radius 3 is 2.82 bits per heavy atom. The SMILES string of the molecule is CSCC(=O)NC[C@@H]1CCN(C2CCCC2)C1. The van der Waals surface area contributed by atoms with Crippen molar-refractivity contribution in [1.29, 1.82) is 0 Å². The van der Waals surface area contributed by atoms with E-state index in [1.165, 1.54) is 45.2 Å². The van der Waals surface area contributed by atoms with E-state index in [2.05, 4.69) is 10.2 Å². The van der Waals surface area contributed by atoms with Crippen LogP contribution in [0.3, 0.4) is 0 Å². The van der Waals surface area contributed by atoms with Crippen LogP contribution in [-0.2, 0) is 4.79 Å². The Bertz CT molecular complexity index is 254. The molecule has 98 valence electrons. The van der Waals surface area contributed by atoms with E-state index < -0.39 is 0 Å². The predicted molar refractivity (Wildman–Crippen MR) is 73.3 cm³/mol. The van der Waals surface area contributed by atoms with Gasteiger partial charge < -0.3 is 10.2 Å². The monoisotopic (exact) mass is 256 g/mol. The minimum Gasteiger partial charge on any atom is -0.355 e. The topological polar surface area (TPSA) is 32.3 Å². The predicted octanol–water partition coefficient (Wildman–Crippen LogP) is 1.73. The second-order valence-electron chi connectivity index (χ2n) is 5.33. The molecular weight excluding hydrogens is 232 g/mol. The fourth-order valence-corrected chi connectivity index (χ4v) is 3.43. The highest BCUT2D eigenvalue weighted by atomic mass is 32.2. The van der Waals surface area contributed by atoms with E-state index in [4.69, 9.17) is 0 Å².